The first kappa shape index (κ1) is 21.9. The zero-order chi connectivity index (χ0) is 20.7. The topological polar surface area (TPSA) is 74.3 Å². The number of anilines is 2. The van der Waals surface area contributed by atoms with Gasteiger partial charge in [-0.2, -0.15) is 11.8 Å². The van der Waals surface area contributed by atoms with Gasteiger partial charge in [0, 0.05) is 49.1 Å². The minimum Gasteiger partial charge on any atom is -0.370 e. The summed E-state index contributed by atoms with van der Waals surface area (Å²) in [5.41, 5.74) is 2.43. The minimum atomic E-state index is -3.53. The Bertz CT molecular complexity index is 861. The number of hydrogen-bond donors (Lipinski definition) is 2. The first-order chi connectivity index (χ1) is 14.0. The molecule has 1 saturated heterocycles. The molecule has 3 rings (SSSR count). The normalized spacial score (nSPS) is 14.9. The Kier molecular flexibility index (Phi) is 7.80. The van der Waals surface area contributed by atoms with Gasteiger partial charge < -0.3 is 10.2 Å². The summed E-state index contributed by atoms with van der Waals surface area (Å²) in [5.74, 6) is 3.03. The molecule has 0 bridgehead atoms. The van der Waals surface area contributed by atoms with E-state index in [1.54, 1.807) is 12.1 Å². The molecular formula is C21H30N4O2S2. The lowest BCUT2D eigenvalue weighted by Crippen LogP contribution is -2.33. The van der Waals surface area contributed by atoms with E-state index in [9.17, 15) is 8.42 Å². The third-order valence-corrected chi connectivity index (χ3v) is 7.59. The molecule has 0 spiro atoms. The summed E-state index contributed by atoms with van der Waals surface area (Å²) in [7, 11) is -3.53. The molecule has 2 heterocycles. The van der Waals surface area contributed by atoms with Crippen LogP contribution in [0, 0.1) is 0 Å². The number of nitrogens with zero attached hydrogens (tertiary/aromatic N) is 2. The van der Waals surface area contributed by atoms with Gasteiger partial charge in [-0.1, -0.05) is 26.0 Å². The highest BCUT2D eigenvalue weighted by Crippen LogP contribution is 2.20. The molecule has 0 atom stereocenters. The van der Waals surface area contributed by atoms with Crippen LogP contribution in [-0.2, 0) is 16.6 Å². The second-order valence-corrected chi connectivity index (χ2v) is 10.1. The van der Waals surface area contributed by atoms with E-state index in [4.69, 9.17) is 0 Å². The van der Waals surface area contributed by atoms with Crippen LogP contribution in [-0.4, -0.2) is 44.0 Å². The zero-order valence-corrected chi connectivity index (χ0v) is 18.7. The van der Waals surface area contributed by atoms with Crippen LogP contribution < -0.4 is 14.9 Å². The first-order valence-corrected chi connectivity index (χ1v) is 12.8. The summed E-state index contributed by atoms with van der Waals surface area (Å²) in [5, 5.41) is 3.26. The molecule has 1 aliphatic rings. The molecule has 6 nitrogen and oxygen atoms in total. The highest BCUT2D eigenvalue weighted by Gasteiger charge is 2.18. The average Bonchev–Trinajstić information content (AvgIpc) is 2.77. The molecule has 158 valence electrons. The molecule has 0 amide bonds. The summed E-state index contributed by atoms with van der Waals surface area (Å²) in [6.07, 6.45) is 2.93. The molecule has 1 fully saturated rings. The molecule has 1 aromatic heterocycles. The van der Waals surface area contributed by atoms with Crippen LogP contribution in [0.4, 0.5) is 11.5 Å². The van der Waals surface area contributed by atoms with E-state index in [1.807, 2.05) is 25.6 Å². The molecule has 0 aliphatic carbocycles. The highest BCUT2D eigenvalue weighted by molar-refractivity contribution is 7.99. The molecule has 0 unspecified atom stereocenters. The van der Waals surface area contributed by atoms with Gasteiger partial charge in [0.1, 0.15) is 10.7 Å². The van der Waals surface area contributed by atoms with E-state index >= 15 is 0 Å². The Morgan fingerprint density at radius 1 is 1.07 bits per heavy atom. The Balaban J connectivity index is 1.56. The number of benzene rings is 1. The lowest BCUT2D eigenvalue weighted by Gasteiger charge is -2.28. The van der Waals surface area contributed by atoms with Gasteiger partial charge in [-0.05, 0) is 42.7 Å². The summed E-state index contributed by atoms with van der Waals surface area (Å²) in [6, 6.07) is 11.8. The smallest absolute Gasteiger partial charge is 0.242 e. The van der Waals surface area contributed by atoms with Gasteiger partial charge in [-0.3, -0.25) is 0 Å². The number of rotatable bonds is 9. The van der Waals surface area contributed by atoms with Crippen molar-refractivity contribution in [3.8, 4) is 0 Å². The number of sulfonamides is 1. The first-order valence-electron chi connectivity index (χ1n) is 10.2. The lowest BCUT2D eigenvalue weighted by molar-refractivity contribution is 0.530. The van der Waals surface area contributed by atoms with Crippen molar-refractivity contribution in [2.24, 2.45) is 0 Å². The molecular weight excluding hydrogens is 404 g/mol. The Hall–Kier alpha value is -1.77. The summed E-state index contributed by atoms with van der Waals surface area (Å²) in [6.45, 7) is 6.79. The Morgan fingerprint density at radius 3 is 2.34 bits per heavy atom. The zero-order valence-electron chi connectivity index (χ0n) is 17.1. The number of thioether (sulfide) groups is 1. The van der Waals surface area contributed by atoms with Crippen LogP contribution in [0.15, 0.2) is 47.5 Å². The van der Waals surface area contributed by atoms with Gasteiger partial charge in [-0.25, -0.2) is 18.1 Å². The number of nitrogens with one attached hydrogen (secondary N) is 2. The van der Waals surface area contributed by atoms with E-state index < -0.39 is 10.0 Å². The molecule has 1 aromatic carbocycles. The van der Waals surface area contributed by atoms with Crippen molar-refractivity contribution in [3.05, 3.63) is 48.2 Å². The van der Waals surface area contributed by atoms with E-state index in [1.165, 1.54) is 23.4 Å². The largest absolute Gasteiger partial charge is 0.370 e. The molecule has 0 radical (unpaired) electrons. The SMILES string of the molecule is CCC(CC)NS(=O)(=O)c1ccc(NCc2ccc(N3CCSCC3)cc2)nc1. The second kappa shape index (κ2) is 10.3. The number of pyridine rings is 1. The second-order valence-electron chi connectivity index (χ2n) is 7.13. The third kappa shape index (κ3) is 6.10. The van der Waals surface area contributed by atoms with Crippen molar-refractivity contribution in [2.45, 2.75) is 44.2 Å². The summed E-state index contributed by atoms with van der Waals surface area (Å²) >= 11 is 2.01. The van der Waals surface area contributed by atoms with Crippen molar-refractivity contribution >= 4 is 33.3 Å². The lowest BCUT2D eigenvalue weighted by atomic mass is 10.2. The van der Waals surface area contributed by atoms with Gasteiger partial charge >= 0.3 is 0 Å². The highest BCUT2D eigenvalue weighted by atomic mass is 32.2. The van der Waals surface area contributed by atoms with Gasteiger partial charge in [0.25, 0.3) is 0 Å². The molecule has 8 heteroatoms. The quantitative estimate of drug-likeness (QED) is 0.627. The van der Waals surface area contributed by atoms with Crippen LogP contribution in [0.2, 0.25) is 0 Å². The predicted molar refractivity (Wildman–Crippen MR) is 122 cm³/mol. The fraction of sp³-hybridized carbons (Fsp3) is 0.476. The van der Waals surface area contributed by atoms with Gasteiger partial charge in [0.05, 0.1) is 0 Å². The predicted octanol–water partition coefficient (Wildman–Crippen LogP) is 3.71. The van der Waals surface area contributed by atoms with E-state index in [-0.39, 0.29) is 10.9 Å². The van der Waals surface area contributed by atoms with Crippen molar-refractivity contribution in [1.29, 1.82) is 0 Å². The van der Waals surface area contributed by atoms with Crippen LogP contribution >= 0.6 is 11.8 Å². The number of hydrogen-bond acceptors (Lipinski definition) is 6. The third-order valence-electron chi connectivity index (χ3n) is 5.14. The maximum Gasteiger partial charge on any atom is 0.242 e. The average molecular weight is 435 g/mol. The minimum absolute atomic E-state index is 0.0514. The van der Waals surface area contributed by atoms with Crippen molar-refractivity contribution in [3.63, 3.8) is 0 Å². The number of aromatic nitrogens is 1. The van der Waals surface area contributed by atoms with Crippen molar-refractivity contribution < 1.29 is 8.42 Å². The molecule has 0 saturated carbocycles. The van der Waals surface area contributed by atoms with Crippen LogP contribution in [0.1, 0.15) is 32.3 Å². The van der Waals surface area contributed by atoms with Crippen LogP contribution in [0.3, 0.4) is 0 Å². The van der Waals surface area contributed by atoms with Crippen LogP contribution in [0.25, 0.3) is 0 Å². The van der Waals surface area contributed by atoms with Gasteiger partial charge in [0.2, 0.25) is 10.0 Å². The molecule has 29 heavy (non-hydrogen) atoms. The fourth-order valence-electron chi connectivity index (χ4n) is 3.23. The Labute approximate surface area is 178 Å². The van der Waals surface area contributed by atoms with E-state index in [0.717, 1.165) is 31.5 Å². The molecule has 2 aromatic rings. The van der Waals surface area contributed by atoms with Gasteiger partial charge in [0.15, 0.2) is 0 Å². The van der Waals surface area contributed by atoms with E-state index in [2.05, 4.69) is 44.2 Å². The molecule has 1 aliphatic heterocycles. The monoisotopic (exact) mass is 434 g/mol. The van der Waals surface area contributed by atoms with Crippen molar-refractivity contribution in [2.75, 3.05) is 34.8 Å². The summed E-state index contributed by atoms with van der Waals surface area (Å²) in [4.78, 5) is 6.88. The summed E-state index contributed by atoms with van der Waals surface area (Å²) < 4.78 is 27.6. The van der Waals surface area contributed by atoms with Crippen LogP contribution in [0.5, 0.6) is 0 Å². The van der Waals surface area contributed by atoms with Crippen molar-refractivity contribution in [1.82, 2.24) is 9.71 Å². The fourth-order valence-corrected chi connectivity index (χ4v) is 5.48. The van der Waals surface area contributed by atoms with Gasteiger partial charge in [-0.15, -0.1) is 0 Å². The molecule has 2 N–H and O–H groups in total. The van der Waals surface area contributed by atoms with E-state index in [0.29, 0.717) is 12.4 Å². The standard InChI is InChI=1S/C21H30N4O2S2/c1-3-18(4-2)24-29(26,27)20-9-10-21(23-16-20)22-15-17-5-7-19(8-6-17)25-11-13-28-14-12-25/h5-10,16,18,24H,3-4,11-15H2,1-2H3,(H,22,23). The Morgan fingerprint density at radius 2 is 1.76 bits per heavy atom. The maximum atomic E-state index is 12.4. The maximum absolute atomic E-state index is 12.4.